The van der Waals surface area contributed by atoms with E-state index in [2.05, 4.69) is 58.1 Å². The van der Waals surface area contributed by atoms with Crippen molar-refractivity contribution in [1.29, 1.82) is 0 Å². The summed E-state index contributed by atoms with van der Waals surface area (Å²) in [5.74, 6) is 0. The summed E-state index contributed by atoms with van der Waals surface area (Å²) in [5, 5.41) is 3.18. The maximum atomic E-state index is 13.1. The molecule has 0 saturated heterocycles. The van der Waals surface area contributed by atoms with E-state index in [0.717, 1.165) is 28.5 Å². The van der Waals surface area contributed by atoms with Crippen LogP contribution in [-0.2, 0) is 5.41 Å². The Kier molecular flexibility index (Phi) is 12.2. The molecule has 1 aliphatic rings. The lowest BCUT2D eigenvalue weighted by Crippen LogP contribution is -2.13. The van der Waals surface area contributed by atoms with E-state index < -0.39 is 18.4 Å². The number of aromatic nitrogens is 1. The highest BCUT2D eigenvalue weighted by atomic mass is 32.1. The third-order valence-corrected chi connectivity index (χ3v) is 7.64. The molecule has 2 aromatic heterocycles. The third kappa shape index (κ3) is 9.86. The van der Waals surface area contributed by atoms with Gasteiger partial charge in [0.25, 0.3) is 0 Å². The number of alkyl halides is 6. The zero-order chi connectivity index (χ0) is 31.8. The molecular weight excluding hydrogens is 568 g/mol. The van der Waals surface area contributed by atoms with Crippen molar-refractivity contribution in [2.45, 2.75) is 72.7 Å². The summed E-state index contributed by atoms with van der Waals surface area (Å²) in [5.41, 5.74) is 7.36. The van der Waals surface area contributed by atoms with E-state index in [0.29, 0.717) is 11.3 Å². The van der Waals surface area contributed by atoms with Crippen molar-refractivity contribution in [2.24, 2.45) is 0 Å². The summed E-state index contributed by atoms with van der Waals surface area (Å²) in [6.45, 7) is 17.2. The van der Waals surface area contributed by atoms with Crippen LogP contribution in [0.25, 0.3) is 28.1 Å². The summed E-state index contributed by atoms with van der Waals surface area (Å²) < 4.78 is 68.4. The first-order valence-electron chi connectivity index (χ1n) is 13.4. The third-order valence-electron chi connectivity index (χ3n) is 6.44. The fourth-order valence-corrected chi connectivity index (χ4v) is 5.75. The minimum Gasteiger partial charge on any atom is -0.248 e. The van der Waals surface area contributed by atoms with E-state index in [-0.39, 0.29) is 11.8 Å². The molecule has 1 aliphatic carbocycles. The molecule has 1 aromatic carbocycles. The van der Waals surface area contributed by atoms with Gasteiger partial charge in [-0.15, -0.1) is 11.3 Å². The second-order valence-electron chi connectivity index (χ2n) is 10.8. The normalized spacial score (nSPS) is 13.6. The molecule has 0 N–H and O–H groups in total. The zero-order valence-corrected chi connectivity index (χ0v) is 25.6. The highest BCUT2D eigenvalue weighted by Crippen LogP contribution is 2.38. The number of fused-ring (bicyclic) bond motifs is 1. The molecule has 42 heavy (non-hydrogen) atoms. The molecule has 1 nitrogen and oxygen atoms in total. The molecule has 0 radical (unpaired) electrons. The SMILES string of the molecule is C=C(CC)c1scc(C)c1C(C)(C)C.C=Cc1ccc2nc(C3=CC(C)=CCC(C(F)(F)F)=C3)ccc2c1.FC(F)F. The van der Waals surface area contributed by atoms with Gasteiger partial charge in [-0.05, 0) is 84.0 Å². The molecule has 8 heteroatoms. The lowest BCUT2D eigenvalue weighted by molar-refractivity contribution is -0.0928. The van der Waals surface area contributed by atoms with Gasteiger partial charge in [-0.1, -0.05) is 76.8 Å². The van der Waals surface area contributed by atoms with Gasteiger partial charge in [-0.25, -0.2) is 4.98 Å². The Labute approximate surface area is 248 Å². The van der Waals surface area contributed by atoms with Gasteiger partial charge in [0.15, 0.2) is 0 Å². The molecule has 0 atom stereocenters. The number of benzene rings is 1. The molecule has 0 spiro atoms. The monoisotopic (exact) mass is 605 g/mol. The van der Waals surface area contributed by atoms with Gasteiger partial charge in [0.2, 0.25) is 0 Å². The maximum absolute atomic E-state index is 13.1. The molecule has 3 aromatic rings. The largest absolute Gasteiger partial charge is 0.413 e. The van der Waals surface area contributed by atoms with Crippen LogP contribution in [0.1, 0.15) is 74.7 Å². The van der Waals surface area contributed by atoms with Gasteiger partial charge in [-0.2, -0.15) is 26.3 Å². The number of allylic oxidation sites excluding steroid dienone is 7. The Morgan fingerprint density at radius 3 is 2.24 bits per heavy atom. The number of hydrogen-bond donors (Lipinski definition) is 0. The quantitative estimate of drug-likeness (QED) is 0.270. The van der Waals surface area contributed by atoms with Crippen LogP contribution in [0.5, 0.6) is 0 Å². The van der Waals surface area contributed by atoms with Crippen LogP contribution >= 0.6 is 11.3 Å². The molecule has 0 unspecified atom stereocenters. The molecule has 226 valence electrons. The van der Waals surface area contributed by atoms with E-state index in [1.165, 1.54) is 27.7 Å². The van der Waals surface area contributed by atoms with Crippen molar-refractivity contribution < 1.29 is 26.3 Å². The van der Waals surface area contributed by atoms with Crippen LogP contribution in [0.4, 0.5) is 26.3 Å². The van der Waals surface area contributed by atoms with Crippen LogP contribution in [0.2, 0.25) is 0 Å². The average Bonchev–Trinajstić information content (AvgIpc) is 3.18. The molecule has 2 heterocycles. The topological polar surface area (TPSA) is 12.9 Å². The first kappa shape index (κ1) is 34.8. The van der Waals surface area contributed by atoms with E-state index in [9.17, 15) is 26.3 Å². The molecular formula is C34H37F6NS. The molecule has 0 amide bonds. The number of nitrogens with zero attached hydrogens (tertiary/aromatic N) is 1. The second kappa shape index (κ2) is 14.7. The lowest BCUT2D eigenvalue weighted by atomic mass is 9.83. The lowest BCUT2D eigenvalue weighted by Gasteiger charge is -2.21. The van der Waals surface area contributed by atoms with Crippen LogP contribution in [-0.4, -0.2) is 17.8 Å². The van der Waals surface area contributed by atoms with Crippen molar-refractivity contribution in [3.05, 3.63) is 106 Å². The van der Waals surface area contributed by atoms with Gasteiger partial charge in [0, 0.05) is 21.4 Å². The van der Waals surface area contributed by atoms with Gasteiger partial charge < -0.3 is 0 Å². The summed E-state index contributed by atoms with van der Waals surface area (Å²) in [6.07, 6.45) is 2.85. The van der Waals surface area contributed by atoms with Crippen molar-refractivity contribution in [3.8, 4) is 0 Å². The number of hydrogen-bond acceptors (Lipinski definition) is 2. The van der Waals surface area contributed by atoms with Crippen molar-refractivity contribution >= 4 is 39.5 Å². The maximum Gasteiger partial charge on any atom is 0.413 e. The number of pyridine rings is 1. The number of rotatable bonds is 4. The number of halogens is 6. The second-order valence-corrected chi connectivity index (χ2v) is 11.7. The van der Waals surface area contributed by atoms with Gasteiger partial charge >= 0.3 is 12.9 Å². The van der Waals surface area contributed by atoms with Crippen LogP contribution in [0, 0.1) is 6.92 Å². The first-order valence-corrected chi connectivity index (χ1v) is 14.2. The Balaban J connectivity index is 0.000000290. The Hall–Kier alpha value is -3.39. The fourth-order valence-electron chi connectivity index (χ4n) is 4.44. The minimum atomic E-state index is -4.34. The Morgan fingerprint density at radius 2 is 1.69 bits per heavy atom. The van der Waals surface area contributed by atoms with Crippen molar-refractivity contribution in [1.82, 2.24) is 4.98 Å². The van der Waals surface area contributed by atoms with Gasteiger partial charge in [-0.3, -0.25) is 0 Å². The summed E-state index contributed by atoms with van der Waals surface area (Å²) >= 11 is 1.84. The van der Waals surface area contributed by atoms with Crippen molar-refractivity contribution in [3.63, 3.8) is 0 Å². The average molecular weight is 606 g/mol. The van der Waals surface area contributed by atoms with Crippen LogP contribution in [0.15, 0.2) is 78.2 Å². The standard InChI is InChI=1S/C20H16F3N.C13H20S.CHF3/c1-3-14-5-8-18-15(11-14)6-9-19(24-18)16-10-13(2)4-7-17(12-16)20(21,22)23;1-7-9(2)12-11(13(4,5)6)10(3)8-14-12;2-1(3)4/h3-6,8-12H,1,7H2,2H3;8H,2,7H2,1,3-6H3;1H. The molecule has 0 saturated carbocycles. The van der Waals surface area contributed by atoms with E-state index in [4.69, 9.17) is 0 Å². The smallest absolute Gasteiger partial charge is 0.248 e. The first-order chi connectivity index (χ1) is 19.5. The summed E-state index contributed by atoms with van der Waals surface area (Å²) in [7, 11) is 0. The Morgan fingerprint density at radius 1 is 1.05 bits per heavy atom. The Bertz CT molecular complexity index is 1490. The zero-order valence-electron chi connectivity index (χ0n) is 24.8. The highest BCUT2D eigenvalue weighted by Gasteiger charge is 2.33. The predicted octanol–water partition coefficient (Wildman–Crippen LogP) is 12.1. The summed E-state index contributed by atoms with van der Waals surface area (Å²) in [6, 6.07) is 9.31. The summed E-state index contributed by atoms with van der Waals surface area (Å²) in [4.78, 5) is 5.93. The van der Waals surface area contributed by atoms with E-state index in [1.54, 1.807) is 31.2 Å². The van der Waals surface area contributed by atoms with Gasteiger partial charge in [0.1, 0.15) is 0 Å². The number of thiophene rings is 1. The van der Waals surface area contributed by atoms with Crippen molar-refractivity contribution in [2.75, 3.05) is 0 Å². The number of aryl methyl sites for hydroxylation is 1. The molecule has 0 bridgehead atoms. The molecule has 4 rings (SSSR count). The van der Waals surface area contributed by atoms with Gasteiger partial charge in [0.05, 0.1) is 11.2 Å². The van der Waals surface area contributed by atoms with Crippen LogP contribution < -0.4 is 0 Å². The van der Waals surface area contributed by atoms with E-state index >= 15 is 0 Å². The highest BCUT2D eigenvalue weighted by molar-refractivity contribution is 7.11. The van der Waals surface area contributed by atoms with Crippen LogP contribution in [0.3, 0.4) is 0 Å². The molecule has 0 fully saturated rings. The molecule has 0 aliphatic heterocycles. The minimum absolute atomic E-state index is 0.119. The predicted molar refractivity (Wildman–Crippen MR) is 167 cm³/mol. The van der Waals surface area contributed by atoms with E-state index in [1.807, 2.05) is 35.6 Å². The fraction of sp³-hybridized carbons (Fsp3) is 0.324.